The van der Waals surface area contributed by atoms with Gasteiger partial charge >= 0.3 is 0 Å². The number of halogens is 2. The maximum absolute atomic E-state index is 13.3. The van der Waals surface area contributed by atoms with E-state index in [2.05, 4.69) is 25.6 Å². The molecule has 100 valence electrons. The van der Waals surface area contributed by atoms with Gasteiger partial charge in [0, 0.05) is 18.8 Å². The maximum atomic E-state index is 13.3. The van der Waals surface area contributed by atoms with Gasteiger partial charge in [-0.15, -0.1) is 0 Å². The van der Waals surface area contributed by atoms with Crippen molar-refractivity contribution in [3.63, 3.8) is 0 Å². The number of benzene rings is 1. The minimum Gasteiger partial charge on any atom is -0.494 e. The Bertz CT molecular complexity index is 595. The normalized spacial score (nSPS) is 10.1. The molecule has 0 aliphatic heterocycles. The lowest BCUT2D eigenvalue weighted by molar-refractivity contribution is 0.387. The second-order valence-electron chi connectivity index (χ2n) is 3.48. The zero-order valence-electron chi connectivity index (χ0n) is 10.2. The van der Waals surface area contributed by atoms with Crippen LogP contribution < -0.4 is 15.4 Å². The molecule has 0 amide bonds. The van der Waals surface area contributed by atoms with E-state index in [1.165, 1.54) is 25.3 Å². The Morgan fingerprint density at radius 3 is 2.63 bits per heavy atom. The zero-order chi connectivity index (χ0) is 13.8. The molecule has 0 aliphatic rings. The van der Waals surface area contributed by atoms with E-state index in [0.717, 1.165) is 0 Å². The molecule has 1 heterocycles. The minimum atomic E-state index is -0.447. The average Bonchev–Trinajstić information content (AvgIpc) is 2.40. The standard InChI is InChI=1S/C11H11ClFN5O/c1-14-10-16-9(12)17-11(18-10)15-6-3-4-7(13)8(5-6)19-2/h3-5H,1-2H3,(H2,14,15,16,17,18). The van der Waals surface area contributed by atoms with Gasteiger partial charge in [0.25, 0.3) is 0 Å². The van der Waals surface area contributed by atoms with Gasteiger partial charge in [-0.2, -0.15) is 15.0 Å². The fraction of sp³-hybridized carbons (Fsp3) is 0.182. The van der Waals surface area contributed by atoms with E-state index < -0.39 is 5.82 Å². The Labute approximate surface area is 114 Å². The predicted molar refractivity (Wildman–Crippen MR) is 70.6 cm³/mol. The summed E-state index contributed by atoms with van der Waals surface area (Å²) in [6.07, 6.45) is 0. The quantitative estimate of drug-likeness (QED) is 0.898. The summed E-state index contributed by atoms with van der Waals surface area (Å²) in [7, 11) is 3.05. The van der Waals surface area contributed by atoms with E-state index in [1.54, 1.807) is 7.05 Å². The summed E-state index contributed by atoms with van der Waals surface area (Å²) in [6, 6.07) is 4.31. The fourth-order valence-electron chi connectivity index (χ4n) is 1.38. The largest absolute Gasteiger partial charge is 0.494 e. The van der Waals surface area contributed by atoms with Crippen LogP contribution in [0.2, 0.25) is 5.28 Å². The van der Waals surface area contributed by atoms with E-state index in [9.17, 15) is 4.39 Å². The molecule has 1 aromatic carbocycles. The van der Waals surface area contributed by atoms with Crippen LogP contribution in [0.25, 0.3) is 0 Å². The summed E-state index contributed by atoms with van der Waals surface area (Å²) in [5, 5.41) is 5.69. The summed E-state index contributed by atoms with van der Waals surface area (Å²) in [5.41, 5.74) is 0.572. The highest BCUT2D eigenvalue weighted by Crippen LogP contribution is 2.23. The molecular formula is C11H11ClFN5O. The molecular weight excluding hydrogens is 273 g/mol. The number of ether oxygens (including phenoxy) is 1. The van der Waals surface area contributed by atoms with E-state index >= 15 is 0 Å². The summed E-state index contributed by atoms with van der Waals surface area (Å²) < 4.78 is 18.2. The topological polar surface area (TPSA) is 72.0 Å². The van der Waals surface area contributed by atoms with Crippen LogP contribution in [0.1, 0.15) is 0 Å². The van der Waals surface area contributed by atoms with E-state index in [-0.39, 0.29) is 17.0 Å². The first-order valence-electron chi connectivity index (χ1n) is 5.32. The smallest absolute Gasteiger partial charge is 0.233 e. The second kappa shape index (κ2) is 5.66. The molecule has 2 aromatic rings. The van der Waals surface area contributed by atoms with Crippen molar-refractivity contribution in [1.29, 1.82) is 0 Å². The van der Waals surface area contributed by atoms with Crippen molar-refractivity contribution in [2.45, 2.75) is 0 Å². The van der Waals surface area contributed by atoms with Crippen molar-refractivity contribution in [3.8, 4) is 5.75 Å². The molecule has 0 unspecified atom stereocenters. The third-order valence-electron chi connectivity index (χ3n) is 2.24. The Morgan fingerprint density at radius 1 is 1.21 bits per heavy atom. The molecule has 2 rings (SSSR count). The zero-order valence-corrected chi connectivity index (χ0v) is 11.0. The number of anilines is 3. The van der Waals surface area contributed by atoms with Gasteiger partial charge in [-0.25, -0.2) is 4.39 Å². The first-order chi connectivity index (χ1) is 9.12. The van der Waals surface area contributed by atoms with Crippen molar-refractivity contribution < 1.29 is 9.13 Å². The monoisotopic (exact) mass is 283 g/mol. The van der Waals surface area contributed by atoms with Gasteiger partial charge < -0.3 is 15.4 Å². The molecule has 0 saturated carbocycles. The molecule has 6 nitrogen and oxygen atoms in total. The molecule has 0 saturated heterocycles. The Morgan fingerprint density at radius 2 is 1.95 bits per heavy atom. The lowest BCUT2D eigenvalue weighted by Crippen LogP contribution is -2.04. The number of methoxy groups -OCH3 is 1. The minimum absolute atomic E-state index is 0.0518. The highest BCUT2D eigenvalue weighted by molar-refractivity contribution is 6.28. The Kier molecular flexibility index (Phi) is 3.96. The van der Waals surface area contributed by atoms with Crippen LogP contribution in [0.15, 0.2) is 18.2 Å². The molecule has 2 N–H and O–H groups in total. The molecule has 8 heteroatoms. The van der Waals surface area contributed by atoms with Gasteiger partial charge in [0.2, 0.25) is 17.2 Å². The van der Waals surface area contributed by atoms with Crippen LogP contribution in [-0.4, -0.2) is 29.1 Å². The number of rotatable bonds is 4. The van der Waals surface area contributed by atoms with Crippen molar-refractivity contribution in [3.05, 3.63) is 29.3 Å². The number of nitrogens with one attached hydrogen (secondary N) is 2. The van der Waals surface area contributed by atoms with E-state index in [4.69, 9.17) is 16.3 Å². The molecule has 0 bridgehead atoms. The van der Waals surface area contributed by atoms with Crippen molar-refractivity contribution >= 4 is 29.2 Å². The lowest BCUT2D eigenvalue weighted by atomic mass is 10.3. The first kappa shape index (κ1) is 13.3. The van der Waals surface area contributed by atoms with Gasteiger partial charge in [0.1, 0.15) is 0 Å². The molecule has 0 atom stereocenters. The van der Waals surface area contributed by atoms with Gasteiger partial charge in [-0.05, 0) is 23.7 Å². The molecule has 0 aliphatic carbocycles. The maximum Gasteiger partial charge on any atom is 0.233 e. The van der Waals surface area contributed by atoms with Gasteiger partial charge in [-0.3, -0.25) is 0 Å². The average molecular weight is 284 g/mol. The van der Waals surface area contributed by atoms with Crippen molar-refractivity contribution in [1.82, 2.24) is 15.0 Å². The van der Waals surface area contributed by atoms with Crippen LogP contribution in [0, 0.1) is 5.82 Å². The van der Waals surface area contributed by atoms with Crippen LogP contribution in [-0.2, 0) is 0 Å². The summed E-state index contributed by atoms with van der Waals surface area (Å²) in [6.45, 7) is 0. The van der Waals surface area contributed by atoms with Crippen molar-refractivity contribution in [2.24, 2.45) is 0 Å². The van der Waals surface area contributed by atoms with E-state index in [0.29, 0.717) is 11.6 Å². The summed E-state index contributed by atoms with van der Waals surface area (Å²) >= 11 is 5.75. The number of nitrogens with zero attached hydrogens (tertiary/aromatic N) is 3. The van der Waals surface area contributed by atoms with Gasteiger partial charge in [0.05, 0.1) is 7.11 Å². The SMILES string of the molecule is CNc1nc(Cl)nc(Nc2ccc(F)c(OC)c2)n1. The van der Waals surface area contributed by atoms with Crippen LogP contribution in [0.4, 0.5) is 22.0 Å². The molecule has 0 radical (unpaired) electrons. The highest BCUT2D eigenvalue weighted by atomic mass is 35.5. The van der Waals surface area contributed by atoms with Gasteiger partial charge in [0.15, 0.2) is 11.6 Å². The highest BCUT2D eigenvalue weighted by Gasteiger charge is 2.07. The summed E-state index contributed by atoms with van der Waals surface area (Å²) in [4.78, 5) is 11.8. The third kappa shape index (κ3) is 3.19. The Hall–Kier alpha value is -2.15. The van der Waals surface area contributed by atoms with Crippen LogP contribution in [0.5, 0.6) is 5.75 Å². The van der Waals surface area contributed by atoms with Crippen LogP contribution >= 0.6 is 11.6 Å². The summed E-state index contributed by atoms with van der Waals surface area (Å²) in [5.74, 6) is 0.256. The fourth-order valence-corrected chi connectivity index (χ4v) is 1.54. The Balaban J connectivity index is 2.28. The van der Waals surface area contributed by atoms with Gasteiger partial charge in [-0.1, -0.05) is 0 Å². The number of hydrogen-bond acceptors (Lipinski definition) is 6. The third-order valence-corrected chi connectivity index (χ3v) is 2.41. The molecule has 1 aromatic heterocycles. The lowest BCUT2D eigenvalue weighted by Gasteiger charge is -2.08. The molecule has 0 spiro atoms. The molecule has 0 fully saturated rings. The van der Waals surface area contributed by atoms with Crippen LogP contribution in [0.3, 0.4) is 0 Å². The number of hydrogen-bond donors (Lipinski definition) is 2. The predicted octanol–water partition coefficient (Wildman–Crippen LogP) is 2.46. The van der Waals surface area contributed by atoms with E-state index in [1.807, 2.05) is 0 Å². The number of aromatic nitrogens is 3. The first-order valence-corrected chi connectivity index (χ1v) is 5.70. The van der Waals surface area contributed by atoms with Crippen molar-refractivity contribution in [2.75, 3.05) is 24.8 Å². The second-order valence-corrected chi connectivity index (χ2v) is 3.81. The molecule has 19 heavy (non-hydrogen) atoms.